The molecule has 1 heterocycles. The SMILES string of the molecule is [C-]#[N+]c1ccc(-c2ccc(-c3ccc(-c4ccc(-c5nc(-c6ccc(-c7cccc8ccccc78)cc6)c6ccccc6n5)cc4)c4ccccc34)c3ccccc23)cc1. The van der Waals surface area contributed by atoms with Crippen LogP contribution in [-0.4, -0.2) is 9.97 Å². The Balaban J connectivity index is 0.950. The maximum absolute atomic E-state index is 7.37. The summed E-state index contributed by atoms with van der Waals surface area (Å²) in [5.74, 6) is 0.700. The first kappa shape index (κ1) is 35.0. The van der Waals surface area contributed by atoms with Gasteiger partial charge in [-0.2, -0.15) is 0 Å². The smallest absolute Gasteiger partial charge is 0.187 e. The number of hydrogen-bond acceptors (Lipinski definition) is 2. The van der Waals surface area contributed by atoms with Crippen molar-refractivity contribution in [1.82, 2.24) is 9.97 Å². The Labute approximate surface area is 348 Å². The van der Waals surface area contributed by atoms with E-state index >= 15 is 0 Å². The molecule has 0 aliphatic rings. The van der Waals surface area contributed by atoms with Crippen LogP contribution in [0.3, 0.4) is 0 Å². The van der Waals surface area contributed by atoms with Crippen LogP contribution in [0.4, 0.5) is 5.69 Å². The van der Waals surface area contributed by atoms with Gasteiger partial charge in [-0.05, 0) is 82.9 Å². The van der Waals surface area contributed by atoms with Crippen molar-refractivity contribution in [3.63, 3.8) is 0 Å². The van der Waals surface area contributed by atoms with Crippen LogP contribution < -0.4 is 0 Å². The highest BCUT2D eigenvalue weighted by molar-refractivity contribution is 6.12. The standard InChI is InChI=1S/C57H35N3/c1-58-43-31-29-40(30-32-43)47-34-36-53(51-17-7-5-15-49(47)51)52-35-33-46(48-14-4-6-16-50(48)52)39-23-27-42(28-24-39)57-59-55-20-9-8-18-54(55)56(60-57)41-25-21-38(22-26-41)45-19-10-12-37-11-2-3-13-44(37)45/h2-36H. The van der Waals surface area contributed by atoms with E-state index in [9.17, 15) is 0 Å². The molecule has 11 rings (SSSR count). The van der Waals surface area contributed by atoms with Crippen LogP contribution in [-0.2, 0) is 0 Å². The Morgan fingerprint density at radius 1 is 0.300 bits per heavy atom. The van der Waals surface area contributed by atoms with Crippen molar-refractivity contribution in [2.24, 2.45) is 0 Å². The van der Waals surface area contributed by atoms with Gasteiger partial charge in [-0.15, -0.1) is 0 Å². The highest BCUT2D eigenvalue weighted by Gasteiger charge is 2.16. The Morgan fingerprint density at radius 2 is 0.717 bits per heavy atom. The summed E-state index contributed by atoms with van der Waals surface area (Å²) in [6, 6.07) is 74.9. The molecule has 0 aliphatic carbocycles. The summed E-state index contributed by atoms with van der Waals surface area (Å²) in [5, 5.41) is 8.29. The molecule has 1 aromatic heterocycles. The molecule has 3 nitrogen and oxygen atoms in total. The van der Waals surface area contributed by atoms with E-state index in [0.29, 0.717) is 11.5 Å². The van der Waals surface area contributed by atoms with Gasteiger partial charge >= 0.3 is 0 Å². The van der Waals surface area contributed by atoms with Crippen LogP contribution in [0, 0.1) is 6.57 Å². The summed E-state index contributed by atoms with van der Waals surface area (Å²) in [7, 11) is 0. The summed E-state index contributed by atoms with van der Waals surface area (Å²) in [5.41, 5.74) is 13.9. The Bertz CT molecular complexity index is 3460. The highest BCUT2D eigenvalue weighted by Crippen LogP contribution is 2.42. The summed E-state index contributed by atoms with van der Waals surface area (Å²) in [4.78, 5) is 13.9. The predicted octanol–water partition coefficient (Wildman–Crippen LogP) is 15.6. The van der Waals surface area contributed by atoms with Crippen LogP contribution in [0.25, 0.3) is 115 Å². The third-order valence-electron chi connectivity index (χ3n) is 11.8. The molecule has 0 spiro atoms. The molecule has 0 unspecified atom stereocenters. The van der Waals surface area contributed by atoms with Gasteiger partial charge in [0.2, 0.25) is 0 Å². The zero-order valence-electron chi connectivity index (χ0n) is 32.5. The fourth-order valence-corrected chi connectivity index (χ4v) is 8.80. The lowest BCUT2D eigenvalue weighted by molar-refractivity contribution is 1.23. The summed E-state index contributed by atoms with van der Waals surface area (Å²) in [6.07, 6.45) is 0. The molecule has 0 saturated heterocycles. The topological polar surface area (TPSA) is 30.1 Å². The fraction of sp³-hybridized carbons (Fsp3) is 0. The molecule has 0 saturated carbocycles. The quantitative estimate of drug-likeness (QED) is 0.158. The molecule has 0 radical (unpaired) electrons. The molecule has 278 valence electrons. The van der Waals surface area contributed by atoms with E-state index in [0.717, 1.165) is 44.4 Å². The molecule has 0 atom stereocenters. The van der Waals surface area contributed by atoms with Gasteiger partial charge in [0.15, 0.2) is 11.5 Å². The first-order valence-corrected chi connectivity index (χ1v) is 20.2. The minimum absolute atomic E-state index is 0.646. The van der Waals surface area contributed by atoms with Crippen molar-refractivity contribution in [3.05, 3.63) is 224 Å². The first-order valence-electron chi connectivity index (χ1n) is 20.2. The molecule has 0 fully saturated rings. The van der Waals surface area contributed by atoms with E-state index < -0.39 is 0 Å². The summed E-state index contributed by atoms with van der Waals surface area (Å²) in [6.45, 7) is 7.37. The Kier molecular flexibility index (Phi) is 8.54. The maximum atomic E-state index is 7.37. The number of aromatic nitrogens is 2. The minimum Gasteiger partial charge on any atom is -0.238 e. The normalized spacial score (nSPS) is 11.3. The summed E-state index contributed by atoms with van der Waals surface area (Å²) >= 11 is 0. The van der Waals surface area contributed by atoms with Gasteiger partial charge in [-0.1, -0.05) is 206 Å². The van der Waals surface area contributed by atoms with E-state index in [1.165, 1.54) is 60.1 Å². The second kappa shape index (κ2) is 14.6. The van der Waals surface area contributed by atoms with Gasteiger partial charge in [0.05, 0.1) is 17.8 Å². The predicted molar refractivity (Wildman–Crippen MR) is 251 cm³/mol. The van der Waals surface area contributed by atoms with E-state index in [1.54, 1.807) is 0 Å². The summed E-state index contributed by atoms with van der Waals surface area (Å²) < 4.78 is 0. The molecule has 0 amide bonds. The molecule has 60 heavy (non-hydrogen) atoms. The lowest BCUT2D eigenvalue weighted by Crippen LogP contribution is -1.95. The molecular weight excluding hydrogens is 727 g/mol. The average molecular weight is 762 g/mol. The second-order valence-corrected chi connectivity index (χ2v) is 15.2. The average Bonchev–Trinajstić information content (AvgIpc) is 3.33. The minimum atomic E-state index is 0.646. The fourth-order valence-electron chi connectivity index (χ4n) is 8.80. The number of rotatable bonds is 6. The van der Waals surface area contributed by atoms with E-state index in [-0.39, 0.29) is 0 Å². The third-order valence-corrected chi connectivity index (χ3v) is 11.8. The van der Waals surface area contributed by atoms with Crippen molar-refractivity contribution in [1.29, 1.82) is 0 Å². The Hall–Kier alpha value is -8.19. The lowest BCUT2D eigenvalue weighted by Gasteiger charge is -2.16. The number of nitrogens with zero attached hydrogens (tertiary/aromatic N) is 3. The number of benzene rings is 10. The lowest BCUT2D eigenvalue weighted by atomic mass is 9.88. The van der Waals surface area contributed by atoms with Gasteiger partial charge in [0.25, 0.3) is 0 Å². The van der Waals surface area contributed by atoms with Crippen LogP contribution in [0.15, 0.2) is 212 Å². The first-order chi connectivity index (χ1) is 29.7. The van der Waals surface area contributed by atoms with Crippen molar-refractivity contribution in [3.8, 4) is 67.2 Å². The second-order valence-electron chi connectivity index (χ2n) is 15.2. The van der Waals surface area contributed by atoms with Crippen LogP contribution in [0.2, 0.25) is 0 Å². The van der Waals surface area contributed by atoms with Gasteiger partial charge in [-0.25, -0.2) is 14.8 Å². The molecule has 0 N–H and O–H groups in total. The zero-order valence-corrected chi connectivity index (χ0v) is 32.5. The third kappa shape index (κ3) is 6.07. The van der Waals surface area contributed by atoms with E-state index in [2.05, 4.69) is 187 Å². The van der Waals surface area contributed by atoms with Gasteiger partial charge < -0.3 is 0 Å². The van der Waals surface area contributed by atoms with E-state index in [1.807, 2.05) is 30.3 Å². The monoisotopic (exact) mass is 761 g/mol. The maximum Gasteiger partial charge on any atom is 0.187 e. The van der Waals surface area contributed by atoms with Gasteiger partial charge in [0, 0.05) is 16.5 Å². The molecule has 11 aromatic rings. The largest absolute Gasteiger partial charge is 0.238 e. The number of hydrogen-bond donors (Lipinski definition) is 0. The highest BCUT2D eigenvalue weighted by atomic mass is 14.9. The molecule has 10 aromatic carbocycles. The molecular formula is C57H35N3. The van der Waals surface area contributed by atoms with Crippen LogP contribution in [0.1, 0.15) is 0 Å². The molecule has 0 aliphatic heterocycles. The van der Waals surface area contributed by atoms with Gasteiger partial charge in [-0.3, -0.25) is 0 Å². The molecule has 3 heteroatoms. The van der Waals surface area contributed by atoms with Gasteiger partial charge in [0.1, 0.15) is 0 Å². The van der Waals surface area contributed by atoms with Crippen LogP contribution in [0.5, 0.6) is 0 Å². The van der Waals surface area contributed by atoms with Crippen molar-refractivity contribution >= 4 is 48.9 Å². The number of fused-ring (bicyclic) bond motifs is 4. The zero-order chi connectivity index (χ0) is 40.0. The Morgan fingerprint density at radius 3 is 1.30 bits per heavy atom. The van der Waals surface area contributed by atoms with Crippen molar-refractivity contribution in [2.45, 2.75) is 0 Å². The number of para-hydroxylation sites is 1. The molecule has 0 bridgehead atoms. The van der Waals surface area contributed by atoms with Crippen molar-refractivity contribution in [2.75, 3.05) is 0 Å². The van der Waals surface area contributed by atoms with Crippen molar-refractivity contribution < 1.29 is 0 Å². The van der Waals surface area contributed by atoms with E-state index in [4.69, 9.17) is 16.5 Å². The van der Waals surface area contributed by atoms with Crippen LogP contribution >= 0.6 is 0 Å².